The highest BCUT2D eigenvalue weighted by Crippen LogP contribution is 2.48. The molecule has 0 radical (unpaired) electrons. The second-order valence-electron chi connectivity index (χ2n) is 6.53. The van der Waals surface area contributed by atoms with Crippen LogP contribution in [0.5, 0.6) is 17.2 Å². The summed E-state index contributed by atoms with van der Waals surface area (Å²) in [5, 5.41) is 12.0. The highest BCUT2D eigenvalue weighted by molar-refractivity contribution is 6.03. The molecule has 3 heterocycles. The van der Waals surface area contributed by atoms with E-state index in [0.717, 1.165) is 16.3 Å². The maximum atomic E-state index is 10.4. The second kappa shape index (κ2) is 5.01. The molecule has 3 aromatic rings. The van der Waals surface area contributed by atoms with E-state index in [2.05, 4.69) is 4.98 Å². The van der Waals surface area contributed by atoms with Gasteiger partial charge in [0.15, 0.2) is 11.5 Å². The molecule has 0 saturated carbocycles. The average Bonchev–Trinajstić information content (AvgIpc) is 3.17. The normalized spacial score (nSPS) is 17.1. The fraction of sp³-hybridized carbons (Fsp3) is 0.389. The zero-order chi connectivity index (χ0) is 17.1. The maximum Gasteiger partial charge on any atom is 0.230 e. The summed E-state index contributed by atoms with van der Waals surface area (Å²) in [6.45, 7) is 3.48. The molecule has 2 aromatic heterocycles. The fourth-order valence-corrected chi connectivity index (χ4v) is 3.28. The van der Waals surface area contributed by atoms with E-state index in [1.165, 1.54) is 0 Å². The summed E-state index contributed by atoms with van der Waals surface area (Å²) in [7, 11) is 3.21. The fourth-order valence-electron chi connectivity index (χ4n) is 3.28. The van der Waals surface area contributed by atoms with Gasteiger partial charge >= 0.3 is 0 Å². The minimum atomic E-state index is -0.975. The van der Waals surface area contributed by atoms with Crippen LogP contribution >= 0.6 is 0 Å². The molecule has 6 heteroatoms. The lowest BCUT2D eigenvalue weighted by Gasteiger charge is -2.24. The molecule has 1 aliphatic heterocycles. The molecule has 0 aliphatic carbocycles. The summed E-state index contributed by atoms with van der Waals surface area (Å²) < 4.78 is 22.6. The summed E-state index contributed by atoms with van der Waals surface area (Å²) in [6.07, 6.45) is 1.78. The first-order chi connectivity index (χ1) is 11.4. The molecule has 1 N–H and O–H groups in total. The van der Waals surface area contributed by atoms with E-state index in [-0.39, 0.29) is 6.10 Å². The number of hydrogen-bond donors (Lipinski definition) is 1. The van der Waals surface area contributed by atoms with E-state index in [4.69, 9.17) is 18.6 Å². The molecule has 1 aromatic carbocycles. The summed E-state index contributed by atoms with van der Waals surface area (Å²) >= 11 is 0. The van der Waals surface area contributed by atoms with Gasteiger partial charge in [-0.2, -0.15) is 0 Å². The topological polar surface area (TPSA) is 74.0 Å². The number of nitrogens with zero attached hydrogens (tertiary/aromatic N) is 1. The van der Waals surface area contributed by atoms with E-state index in [1.54, 1.807) is 34.3 Å². The van der Waals surface area contributed by atoms with E-state index in [0.29, 0.717) is 34.9 Å². The van der Waals surface area contributed by atoms with Crippen molar-refractivity contribution in [2.24, 2.45) is 0 Å². The summed E-state index contributed by atoms with van der Waals surface area (Å²) in [6, 6.07) is 3.64. The molecule has 0 unspecified atom stereocenters. The third-order valence-corrected chi connectivity index (χ3v) is 4.52. The van der Waals surface area contributed by atoms with Gasteiger partial charge in [-0.3, -0.25) is 0 Å². The number of furan rings is 1. The third-order valence-electron chi connectivity index (χ3n) is 4.52. The molecular formula is C18H19NO5. The van der Waals surface area contributed by atoms with Crippen molar-refractivity contribution < 1.29 is 23.7 Å². The number of benzene rings is 1. The first kappa shape index (κ1) is 15.1. The molecule has 0 spiro atoms. The van der Waals surface area contributed by atoms with Crippen molar-refractivity contribution in [3.8, 4) is 17.2 Å². The third kappa shape index (κ3) is 2.03. The quantitative estimate of drug-likeness (QED) is 0.796. The predicted octanol–water partition coefficient (Wildman–Crippen LogP) is 3.07. The maximum absolute atomic E-state index is 10.4. The minimum absolute atomic E-state index is 0.364. The van der Waals surface area contributed by atoms with Gasteiger partial charge in [-0.15, -0.1) is 0 Å². The lowest BCUT2D eigenvalue weighted by molar-refractivity contribution is -0.0235. The molecule has 126 valence electrons. The van der Waals surface area contributed by atoms with Gasteiger partial charge in [-0.25, -0.2) is 4.98 Å². The van der Waals surface area contributed by atoms with Crippen LogP contribution in [0.4, 0.5) is 0 Å². The van der Waals surface area contributed by atoms with Crippen LogP contribution in [0.1, 0.15) is 19.4 Å². The van der Waals surface area contributed by atoms with Gasteiger partial charge in [0, 0.05) is 18.1 Å². The van der Waals surface area contributed by atoms with Crippen molar-refractivity contribution >= 4 is 22.0 Å². The van der Waals surface area contributed by atoms with Gasteiger partial charge in [-0.05, 0) is 19.9 Å². The van der Waals surface area contributed by atoms with Crippen LogP contribution in [-0.4, -0.2) is 36.0 Å². The minimum Gasteiger partial charge on any atom is -0.495 e. The van der Waals surface area contributed by atoms with Gasteiger partial charge < -0.3 is 23.7 Å². The van der Waals surface area contributed by atoms with Gasteiger partial charge in [0.1, 0.15) is 11.9 Å². The number of aromatic nitrogens is 1. The molecule has 0 bridgehead atoms. The van der Waals surface area contributed by atoms with Crippen molar-refractivity contribution in [2.75, 3.05) is 14.2 Å². The van der Waals surface area contributed by atoms with Crippen LogP contribution < -0.4 is 14.2 Å². The molecule has 1 atom stereocenters. The highest BCUT2D eigenvalue weighted by atomic mass is 16.5. The first-order valence-electron chi connectivity index (χ1n) is 7.78. The number of fused-ring (bicyclic) bond motifs is 4. The van der Waals surface area contributed by atoms with Crippen LogP contribution in [-0.2, 0) is 6.42 Å². The zero-order valence-electron chi connectivity index (χ0n) is 14.0. The molecule has 6 nitrogen and oxygen atoms in total. The van der Waals surface area contributed by atoms with Crippen molar-refractivity contribution in [1.29, 1.82) is 0 Å². The van der Waals surface area contributed by atoms with Gasteiger partial charge in [-0.1, -0.05) is 0 Å². The van der Waals surface area contributed by atoms with Gasteiger partial charge in [0.2, 0.25) is 5.71 Å². The van der Waals surface area contributed by atoms with Gasteiger partial charge in [0.05, 0.1) is 42.4 Å². The van der Waals surface area contributed by atoms with Crippen LogP contribution in [0.25, 0.3) is 22.0 Å². The van der Waals surface area contributed by atoms with Crippen molar-refractivity contribution in [1.82, 2.24) is 4.98 Å². The molecule has 4 rings (SSSR count). The Hall–Kier alpha value is -2.47. The lowest BCUT2D eigenvalue weighted by atomic mass is 9.94. The van der Waals surface area contributed by atoms with Crippen LogP contribution in [0.2, 0.25) is 0 Å². The zero-order valence-corrected chi connectivity index (χ0v) is 14.0. The Morgan fingerprint density at radius 1 is 1.29 bits per heavy atom. The van der Waals surface area contributed by atoms with E-state index < -0.39 is 5.60 Å². The van der Waals surface area contributed by atoms with E-state index in [1.807, 2.05) is 12.1 Å². The standard InChI is InChI=1S/C18H19NO5/c1-18(2,20)13-7-10-14-11(8-12(21-3)15(10)24-13)19-17-9(5-6-23-17)16(14)22-4/h5-6,8,13,20H,7H2,1-4H3/t13-/m1/s1. The average molecular weight is 329 g/mol. The Morgan fingerprint density at radius 2 is 2.08 bits per heavy atom. The largest absolute Gasteiger partial charge is 0.495 e. The first-order valence-corrected chi connectivity index (χ1v) is 7.78. The SMILES string of the molecule is COc1cc2nc3occc3c(OC)c2c2c1O[C@@H](C(C)(C)O)C2. The summed E-state index contributed by atoms with van der Waals surface area (Å²) in [4.78, 5) is 4.57. The Kier molecular flexibility index (Phi) is 3.15. The van der Waals surface area contributed by atoms with Crippen molar-refractivity contribution in [2.45, 2.75) is 32.0 Å². The molecule has 24 heavy (non-hydrogen) atoms. The van der Waals surface area contributed by atoms with Crippen LogP contribution in [0.15, 0.2) is 22.8 Å². The number of hydrogen-bond acceptors (Lipinski definition) is 6. The number of pyridine rings is 1. The van der Waals surface area contributed by atoms with Crippen molar-refractivity contribution in [3.05, 3.63) is 24.0 Å². The van der Waals surface area contributed by atoms with Crippen LogP contribution in [0.3, 0.4) is 0 Å². The number of methoxy groups -OCH3 is 2. The Morgan fingerprint density at radius 3 is 2.75 bits per heavy atom. The molecule has 0 saturated heterocycles. The Bertz CT molecular complexity index is 938. The highest BCUT2D eigenvalue weighted by Gasteiger charge is 2.38. The number of aliphatic hydroxyl groups is 1. The predicted molar refractivity (Wildman–Crippen MR) is 89.0 cm³/mol. The smallest absolute Gasteiger partial charge is 0.230 e. The molecule has 0 amide bonds. The Balaban J connectivity index is 2.06. The van der Waals surface area contributed by atoms with E-state index >= 15 is 0 Å². The monoisotopic (exact) mass is 329 g/mol. The molecular weight excluding hydrogens is 310 g/mol. The summed E-state index contributed by atoms with van der Waals surface area (Å²) in [5.41, 5.74) is 1.18. The van der Waals surface area contributed by atoms with Crippen LogP contribution in [0, 0.1) is 0 Å². The number of rotatable bonds is 3. The second-order valence-corrected chi connectivity index (χ2v) is 6.53. The lowest BCUT2D eigenvalue weighted by Crippen LogP contribution is -2.39. The molecule has 0 fully saturated rings. The Labute approximate surface area is 138 Å². The van der Waals surface area contributed by atoms with Crippen molar-refractivity contribution in [3.63, 3.8) is 0 Å². The van der Waals surface area contributed by atoms with Gasteiger partial charge in [0.25, 0.3) is 0 Å². The van der Waals surface area contributed by atoms with E-state index in [9.17, 15) is 5.11 Å². The summed E-state index contributed by atoms with van der Waals surface area (Å²) in [5.74, 6) is 1.92. The molecule has 1 aliphatic rings. The number of ether oxygens (including phenoxy) is 3.